The van der Waals surface area contributed by atoms with Gasteiger partial charge in [0.05, 0.1) is 6.61 Å². The third-order valence-electron chi connectivity index (χ3n) is 0.631. The van der Waals surface area contributed by atoms with Gasteiger partial charge in [-0.15, -0.1) is 0 Å². The van der Waals surface area contributed by atoms with Crippen LogP contribution in [0.25, 0.3) is 0 Å². The molecule has 5 nitrogen and oxygen atoms in total. The molecule has 3 N–H and O–H groups in total. The Bertz CT molecular complexity index is 181. The van der Waals surface area contributed by atoms with E-state index in [4.69, 9.17) is 5.73 Å². The first kappa shape index (κ1) is 9.83. The summed E-state index contributed by atoms with van der Waals surface area (Å²) in [6.45, 7) is 2.02. The molecule has 0 atom stereocenters. The van der Waals surface area contributed by atoms with Gasteiger partial charge in [-0.2, -0.15) is 5.10 Å². The lowest BCUT2D eigenvalue weighted by atomic mass is 10.7. The Kier molecular flexibility index (Phi) is 5.01. The summed E-state index contributed by atoms with van der Waals surface area (Å²) >= 11 is 4.41. The number of nitrogens with two attached hydrogens (primary N) is 1. The summed E-state index contributed by atoms with van der Waals surface area (Å²) in [4.78, 5) is 10.5. The predicted octanol–water partition coefficient (Wildman–Crippen LogP) is -0.631. The molecular weight excluding hydrogens is 166 g/mol. The molecule has 62 valence electrons. The Morgan fingerprint density at radius 2 is 2.55 bits per heavy atom. The molecule has 0 fully saturated rings. The highest BCUT2D eigenvalue weighted by molar-refractivity contribution is 7.80. The zero-order valence-corrected chi connectivity index (χ0v) is 6.85. The SMILES string of the molecule is CCOC(=O)C=NNC(N)=S. The molecule has 0 aliphatic rings. The third-order valence-corrected chi connectivity index (χ3v) is 0.723. The number of rotatable bonds is 3. The smallest absolute Gasteiger partial charge is 0.351 e. The standard InChI is InChI=1S/C5H9N3O2S/c1-2-10-4(9)3-7-8-5(6)11/h3H,2H2,1H3,(H3,6,8,11). The second-order valence-corrected chi connectivity index (χ2v) is 1.93. The minimum absolute atomic E-state index is 0.00514. The number of carbonyl (C=O) groups excluding carboxylic acids is 1. The molecule has 0 aliphatic carbocycles. The van der Waals surface area contributed by atoms with Crippen LogP contribution in [-0.2, 0) is 9.53 Å². The minimum Gasteiger partial charge on any atom is -0.462 e. The molecule has 0 saturated carbocycles. The number of hydrazone groups is 1. The van der Waals surface area contributed by atoms with Gasteiger partial charge in [-0.3, -0.25) is 5.43 Å². The van der Waals surface area contributed by atoms with Crippen molar-refractivity contribution in [2.24, 2.45) is 10.8 Å². The fourth-order valence-electron chi connectivity index (χ4n) is 0.328. The molecule has 0 spiro atoms. The van der Waals surface area contributed by atoms with Crippen LogP contribution in [-0.4, -0.2) is 23.9 Å². The zero-order chi connectivity index (χ0) is 8.69. The molecular formula is C5H9N3O2S. The van der Waals surface area contributed by atoms with E-state index in [1.54, 1.807) is 6.92 Å². The number of nitrogens with one attached hydrogen (secondary N) is 1. The average Bonchev–Trinajstić information content (AvgIpc) is 1.87. The number of hydrogen-bond acceptors (Lipinski definition) is 4. The average molecular weight is 175 g/mol. The van der Waals surface area contributed by atoms with E-state index in [2.05, 4.69) is 27.5 Å². The lowest BCUT2D eigenvalue weighted by Crippen LogP contribution is -2.24. The van der Waals surface area contributed by atoms with Crippen LogP contribution in [0.3, 0.4) is 0 Å². The topological polar surface area (TPSA) is 76.7 Å². The van der Waals surface area contributed by atoms with Gasteiger partial charge >= 0.3 is 5.97 Å². The van der Waals surface area contributed by atoms with Gasteiger partial charge in [0.25, 0.3) is 0 Å². The maximum Gasteiger partial charge on any atom is 0.351 e. The normalized spacial score (nSPS) is 9.55. The van der Waals surface area contributed by atoms with E-state index in [0.717, 1.165) is 6.21 Å². The zero-order valence-electron chi connectivity index (χ0n) is 6.03. The molecule has 0 bridgehead atoms. The molecule has 6 heteroatoms. The van der Waals surface area contributed by atoms with Crippen molar-refractivity contribution in [3.63, 3.8) is 0 Å². The molecule has 0 saturated heterocycles. The second kappa shape index (κ2) is 5.60. The van der Waals surface area contributed by atoms with Crippen molar-refractivity contribution in [3.8, 4) is 0 Å². The second-order valence-electron chi connectivity index (χ2n) is 1.49. The van der Waals surface area contributed by atoms with Crippen LogP contribution in [0.2, 0.25) is 0 Å². The molecule has 0 heterocycles. The van der Waals surface area contributed by atoms with Gasteiger partial charge in [-0.25, -0.2) is 4.79 Å². The largest absolute Gasteiger partial charge is 0.462 e. The summed E-state index contributed by atoms with van der Waals surface area (Å²) in [5.74, 6) is -0.531. The molecule has 0 aromatic rings. The van der Waals surface area contributed by atoms with Gasteiger partial charge < -0.3 is 10.5 Å². The van der Waals surface area contributed by atoms with E-state index >= 15 is 0 Å². The molecule has 11 heavy (non-hydrogen) atoms. The predicted molar refractivity (Wildman–Crippen MR) is 45.0 cm³/mol. The Hall–Kier alpha value is -1.17. The molecule has 0 radical (unpaired) electrons. The lowest BCUT2D eigenvalue weighted by Gasteiger charge is -1.94. The van der Waals surface area contributed by atoms with Crippen LogP contribution in [0.4, 0.5) is 0 Å². The molecule has 0 rings (SSSR count). The number of nitrogens with zero attached hydrogens (tertiary/aromatic N) is 1. The number of esters is 1. The number of hydrogen-bond donors (Lipinski definition) is 2. The van der Waals surface area contributed by atoms with Gasteiger partial charge in [0.1, 0.15) is 6.21 Å². The first-order valence-corrected chi connectivity index (χ1v) is 3.33. The van der Waals surface area contributed by atoms with Crippen molar-refractivity contribution in [3.05, 3.63) is 0 Å². The van der Waals surface area contributed by atoms with Gasteiger partial charge in [-0.1, -0.05) is 0 Å². The van der Waals surface area contributed by atoms with E-state index in [1.165, 1.54) is 0 Å². The van der Waals surface area contributed by atoms with Crippen LogP contribution in [0, 0.1) is 0 Å². The number of thiocarbonyl (C=S) groups is 1. The highest BCUT2D eigenvalue weighted by Crippen LogP contribution is 1.71. The van der Waals surface area contributed by atoms with Crippen LogP contribution in [0.5, 0.6) is 0 Å². The van der Waals surface area contributed by atoms with Crippen molar-refractivity contribution in [2.75, 3.05) is 6.61 Å². The summed E-state index contributed by atoms with van der Waals surface area (Å²) in [6.07, 6.45) is 0.961. The van der Waals surface area contributed by atoms with Gasteiger partial charge in [-0.05, 0) is 19.1 Å². The van der Waals surface area contributed by atoms with Gasteiger partial charge in [0.15, 0.2) is 5.11 Å². The van der Waals surface area contributed by atoms with Gasteiger partial charge in [0.2, 0.25) is 0 Å². The van der Waals surface area contributed by atoms with E-state index in [-0.39, 0.29) is 5.11 Å². The van der Waals surface area contributed by atoms with E-state index in [1.807, 2.05) is 0 Å². The fraction of sp³-hybridized carbons (Fsp3) is 0.400. The maximum atomic E-state index is 10.5. The highest BCUT2D eigenvalue weighted by Gasteiger charge is 1.92. The Labute approximate surface area is 69.6 Å². The Balaban J connectivity index is 3.56. The molecule has 0 unspecified atom stereocenters. The number of ether oxygens (including phenoxy) is 1. The van der Waals surface area contributed by atoms with E-state index in [9.17, 15) is 4.79 Å². The van der Waals surface area contributed by atoms with Crippen molar-refractivity contribution < 1.29 is 9.53 Å². The van der Waals surface area contributed by atoms with Crippen molar-refractivity contribution in [1.82, 2.24) is 5.43 Å². The summed E-state index contributed by atoms with van der Waals surface area (Å²) in [5.41, 5.74) is 7.22. The first-order valence-electron chi connectivity index (χ1n) is 2.92. The maximum absolute atomic E-state index is 10.5. The highest BCUT2D eigenvalue weighted by atomic mass is 32.1. The summed E-state index contributed by atoms with van der Waals surface area (Å²) in [5, 5.41) is 3.38. The van der Waals surface area contributed by atoms with Crippen molar-refractivity contribution >= 4 is 29.5 Å². The number of carbonyl (C=O) groups is 1. The van der Waals surface area contributed by atoms with Crippen LogP contribution in [0.1, 0.15) is 6.92 Å². The first-order chi connectivity index (χ1) is 5.16. The van der Waals surface area contributed by atoms with E-state index in [0.29, 0.717) is 6.61 Å². The monoisotopic (exact) mass is 175 g/mol. The Morgan fingerprint density at radius 3 is 3.00 bits per heavy atom. The molecule has 0 amide bonds. The van der Waals surface area contributed by atoms with Crippen LogP contribution >= 0.6 is 12.2 Å². The fourth-order valence-corrected chi connectivity index (χ4v) is 0.381. The molecule has 0 aliphatic heterocycles. The van der Waals surface area contributed by atoms with Crippen molar-refractivity contribution in [1.29, 1.82) is 0 Å². The summed E-state index contributed by atoms with van der Waals surface area (Å²) in [6, 6.07) is 0. The molecule has 0 aromatic carbocycles. The third kappa shape index (κ3) is 6.72. The van der Waals surface area contributed by atoms with E-state index < -0.39 is 5.97 Å². The molecule has 0 aromatic heterocycles. The van der Waals surface area contributed by atoms with Gasteiger partial charge in [0, 0.05) is 0 Å². The lowest BCUT2D eigenvalue weighted by molar-refractivity contribution is -0.134. The van der Waals surface area contributed by atoms with Crippen molar-refractivity contribution in [2.45, 2.75) is 6.92 Å². The quantitative estimate of drug-likeness (QED) is 0.258. The summed E-state index contributed by atoms with van der Waals surface area (Å²) in [7, 11) is 0. The summed E-state index contributed by atoms with van der Waals surface area (Å²) < 4.78 is 4.51. The Morgan fingerprint density at radius 1 is 1.91 bits per heavy atom. The van der Waals surface area contributed by atoms with Crippen LogP contribution in [0.15, 0.2) is 5.10 Å². The van der Waals surface area contributed by atoms with Crippen LogP contribution < -0.4 is 11.2 Å². The minimum atomic E-state index is -0.531.